The summed E-state index contributed by atoms with van der Waals surface area (Å²) in [7, 11) is 0. The van der Waals surface area contributed by atoms with Crippen LogP contribution in [0.1, 0.15) is 6.92 Å². The zero-order chi connectivity index (χ0) is 4.83. The lowest BCUT2D eigenvalue weighted by Crippen LogP contribution is -1.86. The zero-order valence-corrected chi connectivity index (χ0v) is 3.51. The summed E-state index contributed by atoms with van der Waals surface area (Å²) in [5.74, 6) is 0. The van der Waals surface area contributed by atoms with Crippen molar-refractivity contribution in [1.82, 2.24) is 5.43 Å². The van der Waals surface area contributed by atoms with E-state index in [9.17, 15) is 0 Å². The maximum atomic E-state index is 9.15. The predicted molar refractivity (Wildman–Crippen MR) is 23.7 cm³/mol. The van der Waals surface area contributed by atoms with E-state index in [0.29, 0.717) is 0 Å². The Labute approximate surface area is 36.0 Å². The first kappa shape index (κ1) is 5.14. The second-order valence-corrected chi connectivity index (χ2v) is 0.720. The molecule has 0 bridgehead atoms. The number of nitroso groups, excluding NO2 is 1. The Morgan fingerprint density at radius 3 is 2.67 bits per heavy atom. The third kappa shape index (κ3) is 3.14. The van der Waals surface area contributed by atoms with Gasteiger partial charge in [0, 0.05) is 6.20 Å². The lowest BCUT2D eigenvalue weighted by molar-refractivity contribution is 0.952. The van der Waals surface area contributed by atoms with Crippen LogP contribution in [0, 0.1) is 4.91 Å². The lowest BCUT2D eigenvalue weighted by atomic mass is 10.7. The summed E-state index contributed by atoms with van der Waals surface area (Å²) < 4.78 is 0. The lowest BCUT2D eigenvalue weighted by Gasteiger charge is -1.72. The molecule has 0 atom stereocenters. The van der Waals surface area contributed by atoms with Crippen molar-refractivity contribution in [2.45, 2.75) is 6.92 Å². The summed E-state index contributed by atoms with van der Waals surface area (Å²) >= 11 is 0. The Balaban J connectivity index is 2.85. The Kier molecular flexibility index (Phi) is 3.55. The van der Waals surface area contributed by atoms with E-state index < -0.39 is 0 Å². The van der Waals surface area contributed by atoms with Crippen LogP contribution < -0.4 is 5.43 Å². The number of allylic oxidation sites excluding steroid dienone is 1. The van der Waals surface area contributed by atoms with E-state index in [1.54, 1.807) is 13.0 Å². The molecule has 0 aliphatic carbocycles. The van der Waals surface area contributed by atoms with Crippen LogP contribution >= 0.6 is 0 Å². The molecule has 3 heteroatoms. The third-order valence-corrected chi connectivity index (χ3v) is 0.294. The highest BCUT2D eigenvalue weighted by Gasteiger charge is 1.56. The van der Waals surface area contributed by atoms with Crippen LogP contribution in [0.15, 0.2) is 17.6 Å². The number of nitrogens with one attached hydrogen (secondary N) is 1. The quantitative estimate of drug-likeness (QED) is 0.398. The maximum absolute atomic E-state index is 9.15. The van der Waals surface area contributed by atoms with Crippen molar-refractivity contribution in [2.24, 2.45) is 5.29 Å². The minimum atomic E-state index is 1.45. The molecule has 0 aromatic rings. The van der Waals surface area contributed by atoms with Crippen molar-refractivity contribution >= 4 is 0 Å². The van der Waals surface area contributed by atoms with E-state index >= 15 is 0 Å². The standard InChI is InChI=1S/C3H6N2O/c1-2-3-4-5-6/h2-3H,1H3,(H,4,6). The Bertz CT molecular complexity index is 59.8. The van der Waals surface area contributed by atoms with E-state index in [2.05, 4.69) is 10.7 Å². The fourth-order valence-corrected chi connectivity index (χ4v) is 0.105. The summed E-state index contributed by atoms with van der Waals surface area (Å²) in [4.78, 5) is 9.15. The Hall–Kier alpha value is -0.860. The average molecular weight is 86.1 g/mol. The van der Waals surface area contributed by atoms with Crippen molar-refractivity contribution in [3.8, 4) is 0 Å². The molecule has 0 saturated carbocycles. The molecule has 0 rings (SSSR count). The van der Waals surface area contributed by atoms with Crippen LogP contribution in [0.5, 0.6) is 0 Å². The Morgan fingerprint density at radius 2 is 2.50 bits per heavy atom. The largest absolute Gasteiger partial charge is 0.250 e. The van der Waals surface area contributed by atoms with Gasteiger partial charge in [0.1, 0.15) is 0 Å². The molecule has 1 N–H and O–H groups in total. The van der Waals surface area contributed by atoms with Crippen LogP contribution in [-0.2, 0) is 0 Å². The number of rotatable bonds is 2. The molecule has 0 aliphatic rings. The predicted octanol–water partition coefficient (Wildman–Crippen LogP) is 0.791. The van der Waals surface area contributed by atoms with Crippen molar-refractivity contribution in [1.29, 1.82) is 0 Å². The first-order chi connectivity index (χ1) is 2.91. The van der Waals surface area contributed by atoms with Crippen LogP contribution in [0.25, 0.3) is 0 Å². The molecule has 0 heterocycles. The summed E-state index contributed by atoms with van der Waals surface area (Å²) in [6.45, 7) is 1.79. The van der Waals surface area contributed by atoms with Gasteiger partial charge in [0.15, 0.2) is 0 Å². The molecule has 0 saturated heterocycles. The topological polar surface area (TPSA) is 41.5 Å². The second kappa shape index (κ2) is 4.14. The molecule has 0 aromatic heterocycles. The van der Waals surface area contributed by atoms with E-state index in [4.69, 9.17) is 4.91 Å². The molecule has 0 radical (unpaired) electrons. The summed E-state index contributed by atoms with van der Waals surface area (Å²) in [6.07, 6.45) is 3.13. The first-order valence-corrected chi connectivity index (χ1v) is 1.61. The molecule has 6 heavy (non-hydrogen) atoms. The summed E-state index contributed by atoms with van der Waals surface area (Å²) in [6, 6.07) is 0. The Morgan fingerprint density at radius 1 is 1.83 bits per heavy atom. The summed E-state index contributed by atoms with van der Waals surface area (Å²) in [5.41, 5.74) is 2.09. The molecular weight excluding hydrogens is 80.0 g/mol. The van der Waals surface area contributed by atoms with Gasteiger partial charge in [-0.05, 0) is 6.92 Å². The molecule has 0 fully saturated rings. The average Bonchev–Trinajstić information content (AvgIpc) is 1.61. The van der Waals surface area contributed by atoms with Gasteiger partial charge in [-0.1, -0.05) is 6.08 Å². The highest BCUT2D eigenvalue weighted by atomic mass is 16.3. The van der Waals surface area contributed by atoms with Gasteiger partial charge in [-0.3, -0.25) is 0 Å². The number of nitrogens with zero attached hydrogens (tertiary/aromatic N) is 1. The fourth-order valence-electron chi connectivity index (χ4n) is 0.105. The van der Waals surface area contributed by atoms with Crippen molar-refractivity contribution in [3.05, 3.63) is 17.2 Å². The number of hydrogen-bond donors (Lipinski definition) is 1. The van der Waals surface area contributed by atoms with Crippen LogP contribution in [0.2, 0.25) is 0 Å². The van der Waals surface area contributed by atoms with Gasteiger partial charge in [0.2, 0.25) is 0 Å². The molecule has 0 unspecified atom stereocenters. The molecule has 0 amide bonds. The molecular formula is C3H6N2O. The molecule has 0 aliphatic heterocycles. The van der Waals surface area contributed by atoms with E-state index in [0.717, 1.165) is 0 Å². The van der Waals surface area contributed by atoms with Gasteiger partial charge >= 0.3 is 0 Å². The number of hydrogen-bond acceptors (Lipinski definition) is 2. The minimum absolute atomic E-state index is 1.45. The van der Waals surface area contributed by atoms with Gasteiger partial charge in [0.25, 0.3) is 0 Å². The highest BCUT2D eigenvalue weighted by molar-refractivity contribution is 4.70. The van der Waals surface area contributed by atoms with E-state index in [1.165, 1.54) is 6.20 Å². The highest BCUT2D eigenvalue weighted by Crippen LogP contribution is 1.58. The first-order valence-electron chi connectivity index (χ1n) is 1.61. The molecule has 0 spiro atoms. The van der Waals surface area contributed by atoms with E-state index in [1.807, 2.05) is 0 Å². The minimum Gasteiger partial charge on any atom is -0.250 e. The van der Waals surface area contributed by atoms with Gasteiger partial charge in [-0.15, -0.1) is 4.91 Å². The van der Waals surface area contributed by atoms with Gasteiger partial charge < -0.3 is 0 Å². The summed E-state index contributed by atoms with van der Waals surface area (Å²) in [5, 5.41) is 2.34. The zero-order valence-electron chi connectivity index (χ0n) is 3.51. The third-order valence-electron chi connectivity index (χ3n) is 0.294. The second-order valence-electron chi connectivity index (χ2n) is 0.720. The van der Waals surface area contributed by atoms with E-state index in [-0.39, 0.29) is 0 Å². The van der Waals surface area contributed by atoms with Gasteiger partial charge in [0.05, 0.1) is 5.29 Å². The molecule has 34 valence electrons. The molecule has 3 nitrogen and oxygen atoms in total. The normalized spacial score (nSPS) is 8.83. The van der Waals surface area contributed by atoms with Crippen LogP contribution in [0.4, 0.5) is 0 Å². The van der Waals surface area contributed by atoms with Gasteiger partial charge in [-0.25, -0.2) is 5.43 Å². The fraction of sp³-hybridized carbons (Fsp3) is 0.333. The van der Waals surface area contributed by atoms with Crippen molar-refractivity contribution in [3.63, 3.8) is 0 Å². The SMILES string of the molecule is CC=CNN=O. The van der Waals surface area contributed by atoms with Crippen LogP contribution in [-0.4, -0.2) is 0 Å². The van der Waals surface area contributed by atoms with Crippen molar-refractivity contribution < 1.29 is 0 Å². The molecule has 0 aromatic carbocycles. The van der Waals surface area contributed by atoms with Crippen molar-refractivity contribution in [2.75, 3.05) is 0 Å². The van der Waals surface area contributed by atoms with Gasteiger partial charge in [-0.2, -0.15) is 0 Å². The monoisotopic (exact) mass is 86.0 g/mol. The maximum Gasteiger partial charge on any atom is 0.0540 e. The van der Waals surface area contributed by atoms with Crippen LogP contribution in [0.3, 0.4) is 0 Å². The smallest absolute Gasteiger partial charge is 0.0540 e.